The van der Waals surface area contributed by atoms with Gasteiger partial charge in [-0.25, -0.2) is 9.98 Å². The summed E-state index contributed by atoms with van der Waals surface area (Å²) in [5.74, 6) is 0.715. The summed E-state index contributed by atoms with van der Waals surface area (Å²) < 4.78 is 5.12. The second-order valence-electron chi connectivity index (χ2n) is 4.99. The maximum Gasteiger partial charge on any atom is 0.296 e. The summed E-state index contributed by atoms with van der Waals surface area (Å²) in [7, 11) is 1.58. The molecule has 0 saturated carbocycles. The van der Waals surface area contributed by atoms with E-state index in [-0.39, 0.29) is 11.0 Å². The number of nitrogens with zero attached hydrogens (tertiary/aromatic N) is 3. The number of halogens is 1. The molecular formula is C15H12ClN3O3. The molecule has 2 aromatic rings. The van der Waals surface area contributed by atoms with Crippen molar-refractivity contribution in [1.82, 2.24) is 0 Å². The highest BCUT2D eigenvalue weighted by molar-refractivity contribution is 6.30. The van der Waals surface area contributed by atoms with E-state index in [1.807, 2.05) is 12.1 Å². The summed E-state index contributed by atoms with van der Waals surface area (Å²) in [6.07, 6.45) is 0. The van der Waals surface area contributed by atoms with Gasteiger partial charge in [0.25, 0.3) is 5.69 Å². The van der Waals surface area contributed by atoms with Gasteiger partial charge < -0.3 is 4.74 Å². The molecule has 0 fully saturated rings. The number of nitro groups is 1. The molecule has 1 aliphatic heterocycles. The normalized spacial score (nSPS) is 19.0. The minimum Gasteiger partial charge on any atom is -0.497 e. The van der Waals surface area contributed by atoms with Gasteiger partial charge in [0.2, 0.25) is 0 Å². The molecule has 22 heavy (non-hydrogen) atoms. The van der Waals surface area contributed by atoms with Crippen molar-refractivity contribution in [2.24, 2.45) is 9.98 Å². The van der Waals surface area contributed by atoms with Crippen molar-refractivity contribution < 1.29 is 9.66 Å². The van der Waals surface area contributed by atoms with Crippen LogP contribution >= 0.6 is 11.6 Å². The zero-order valence-electron chi connectivity index (χ0n) is 11.9. The fraction of sp³-hybridized carbons (Fsp3) is 0.200. The summed E-state index contributed by atoms with van der Waals surface area (Å²) in [6, 6.07) is 10.1. The Morgan fingerprint density at radius 2 is 1.77 bits per heavy atom. The molecule has 1 aliphatic rings. The number of hydrogen-bond donors (Lipinski definition) is 0. The lowest BCUT2D eigenvalue weighted by Gasteiger charge is -2.18. The van der Waals surface area contributed by atoms with Gasteiger partial charge in [0.15, 0.2) is 11.0 Å². The summed E-state index contributed by atoms with van der Waals surface area (Å²) in [6.45, 7) is 1.79. The lowest BCUT2D eigenvalue weighted by molar-refractivity contribution is -0.386. The molecule has 0 saturated heterocycles. The molecule has 0 amide bonds. The quantitative estimate of drug-likeness (QED) is 0.644. The number of ether oxygens (including phenoxy) is 1. The van der Waals surface area contributed by atoms with Crippen molar-refractivity contribution in [2.75, 3.05) is 7.11 Å². The summed E-state index contributed by atoms with van der Waals surface area (Å²) in [5, 5.41) is 12.1. The number of nitro benzene ring substituents is 1. The maximum absolute atomic E-state index is 11.1. The van der Waals surface area contributed by atoms with Crippen molar-refractivity contribution in [3.05, 3.63) is 67.8 Å². The fourth-order valence-electron chi connectivity index (χ4n) is 2.40. The van der Waals surface area contributed by atoms with E-state index < -0.39 is 10.6 Å². The molecule has 6 nitrogen and oxygen atoms in total. The Morgan fingerprint density at radius 1 is 1.14 bits per heavy atom. The SMILES string of the molecule is COc1ccc(C2(C)N=c3c(Cl)ccc([N+](=O)[O-])c3=N2)cc1. The van der Waals surface area contributed by atoms with Crippen molar-refractivity contribution >= 4 is 17.3 Å². The zero-order chi connectivity index (χ0) is 15.9. The van der Waals surface area contributed by atoms with E-state index in [1.54, 1.807) is 26.2 Å². The monoisotopic (exact) mass is 317 g/mol. The van der Waals surface area contributed by atoms with Crippen LogP contribution < -0.4 is 15.5 Å². The fourth-order valence-corrected chi connectivity index (χ4v) is 2.60. The van der Waals surface area contributed by atoms with E-state index in [1.165, 1.54) is 12.1 Å². The van der Waals surface area contributed by atoms with Crippen LogP contribution in [0.15, 0.2) is 46.4 Å². The summed E-state index contributed by atoms with van der Waals surface area (Å²) in [4.78, 5) is 19.6. The molecule has 0 aliphatic carbocycles. The van der Waals surface area contributed by atoms with Gasteiger partial charge in [0.1, 0.15) is 11.1 Å². The van der Waals surface area contributed by atoms with Crippen molar-refractivity contribution in [3.63, 3.8) is 0 Å². The predicted octanol–water partition coefficient (Wildman–Crippen LogP) is 2.38. The molecule has 0 bridgehead atoms. The topological polar surface area (TPSA) is 77.1 Å². The first-order chi connectivity index (χ1) is 10.4. The lowest BCUT2D eigenvalue weighted by Crippen LogP contribution is -2.25. The lowest BCUT2D eigenvalue weighted by atomic mass is 10.0. The third-order valence-electron chi connectivity index (χ3n) is 3.57. The summed E-state index contributed by atoms with van der Waals surface area (Å²) in [5.41, 5.74) is -0.236. The van der Waals surface area contributed by atoms with Crippen LogP contribution in [0, 0.1) is 10.1 Å². The van der Waals surface area contributed by atoms with E-state index in [0.717, 1.165) is 5.56 Å². The third kappa shape index (κ3) is 2.21. The number of methoxy groups -OCH3 is 1. The highest BCUT2D eigenvalue weighted by atomic mass is 35.5. The van der Waals surface area contributed by atoms with Crippen LogP contribution in [-0.4, -0.2) is 12.0 Å². The Bertz CT molecular complexity index is 880. The van der Waals surface area contributed by atoms with Gasteiger partial charge in [-0.2, -0.15) is 0 Å². The number of benzene rings is 2. The van der Waals surface area contributed by atoms with Crippen molar-refractivity contribution in [3.8, 4) is 5.75 Å². The molecule has 3 rings (SSSR count). The van der Waals surface area contributed by atoms with Crippen LogP contribution in [0.25, 0.3) is 0 Å². The first-order valence-corrected chi connectivity index (χ1v) is 6.89. The van der Waals surface area contributed by atoms with E-state index in [9.17, 15) is 10.1 Å². The zero-order valence-corrected chi connectivity index (χ0v) is 12.7. The van der Waals surface area contributed by atoms with Gasteiger partial charge in [-0.05, 0) is 25.1 Å². The molecule has 1 heterocycles. The van der Waals surface area contributed by atoms with Crippen LogP contribution in [-0.2, 0) is 5.66 Å². The van der Waals surface area contributed by atoms with Gasteiger partial charge >= 0.3 is 0 Å². The van der Waals surface area contributed by atoms with Gasteiger partial charge in [-0.15, -0.1) is 0 Å². The number of rotatable bonds is 3. The average molecular weight is 318 g/mol. The predicted molar refractivity (Wildman–Crippen MR) is 80.8 cm³/mol. The third-order valence-corrected chi connectivity index (χ3v) is 3.88. The standard InChI is InChI=1S/C15H12ClN3O3/c1-15(9-3-5-10(22-2)6-4-9)17-13-11(16)7-8-12(19(20)21)14(13)18-15/h3-8H,1-2H3. The first-order valence-electron chi connectivity index (χ1n) is 6.52. The second-order valence-corrected chi connectivity index (χ2v) is 5.40. The Morgan fingerprint density at radius 3 is 2.36 bits per heavy atom. The van der Waals surface area contributed by atoms with E-state index in [4.69, 9.17) is 16.3 Å². The van der Waals surface area contributed by atoms with Gasteiger partial charge in [0.05, 0.1) is 17.1 Å². The first kappa shape index (κ1) is 14.5. The molecule has 1 atom stereocenters. The van der Waals surface area contributed by atoms with Gasteiger partial charge in [-0.3, -0.25) is 10.1 Å². The molecule has 0 N–H and O–H groups in total. The molecule has 1 unspecified atom stereocenters. The second kappa shape index (κ2) is 5.06. The van der Waals surface area contributed by atoms with Crippen LogP contribution in [0.1, 0.15) is 12.5 Å². The van der Waals surface area contributed by atoms with Crippen molar-refractivity contribution in [2.45, 2.75) is 12.6 Å². The summed E-state index contributed by atoms with van der Waals surface area (Å²) >= 11 is 6.11. The van der Waals surface area contributed by atoms with E-state index in [0.29, 0.717) is 16.1 Å². The Balaban J connectivity index is 2.21. The molecule has 0 radical (unpaired) electrons. The molecule has 0 aromatic heterocycles. The molecule has 112 valence electrons. The molecule has 0 spiro atoms. The maximum atomic E-state index is 11.1. The Hall–Kier alpha value is -2.47. The highest BCUT2D eigenvalue weighted by Gasteiger charge is 2.31. The van der Waals surface area contributed by atoms with Crippen LogP contribution in [0.4, 0.5) is 5.69 Å². The number of fused-ring (bicyclic) bond motifs is 1. The van der Waals surface area contributed by atoms with E-state index >= 15 is 0 Å². The number of non-ortho nitro benzene ring substituents is 1. The Kier molecular flexibility index (Phi) is 3.33. The Labute approximate surface area is 130 Å². The largest absolute Gasteiger partial charge is 0.497 e. The van der Waals surface area contributed by atoms with Crippen molar-refractivity contribution in [1.29, 1.82) is 0 Å². The molecule has 7 heteroatoms. The van der Waals surface area contributed by atoms with Crippen LogP contribution in [0.5, 0.6) is 5.75 Å². The molecular weight excluding hydrogens is 306 g/mol. The minimum absolute atomic E-state index is 0.0969. The van der Waals surface area contributed by atoms with Gasteiger partial charge in [-0.1, -0.05) is 23.7 Å². The van der Waals surface area contributed by atoms with Crippen LogP contribution in [0.3, 0.4) is 0 Å². The van der Waals surface area contributed by atoms with E-state index in [2.05, 4.69) is 9.98 Å². The smallest absolute Gasteiger partial charge is 0.296 e. The average Bonchev–Trinajstić information content (AvgIpc) is 2.87. The highest BCUT2D eigenvalue weighted by Crippen LogP contribution is 2.30. The molecule has 2 aromatic carbocycles. The van der Waals surface area contributed by atoms with Crippen LogP contribution in [0.2, 0.25) is 5.02 Å². The number of hydrogen-bond acceptors (Lipinski definition) is 5. The van der Waals surface area contributed by atoms with Gasteiger partial charge in [0, 0.05) is 11.6 Å². The minimum atomic E-state index is -0.940.